The first-order chi connectivity index (χ1) is 9.85. The number of hydrogen-bond donors (Lipinski definition) is 3. The van der Waals surface area contributed by atoms with Crippen molar-refractivity contribution < 1.29 is 19.8 Å². The molecule has 108 valence electrons. The Kier molecular flexibility index (Phi) is 3.84. The molecule has 7 nitrogen and oxygen atoms in total. The summed E-state index contributed by atoms with van der Waals surface area (Å²) in [6, 6.07) is 5.55. The summed E-state index contributed by atoms with van der Waals surface area (Å²) in [7, 11) is 0. The molecule has 21 heavy (non-hydrogen) atoms. The number of nitrogens with zero attached hydrogens (tertiary/aromatic N) is 2. The minimum atomic E-state index is -1.21. The Hall–Kier alpha value is -2.96. The second-order valence-electron chi connectivity index (χ2n) is 4.51. The normalized spacial score (nSPS) is 10.2. The maximum Gasteiger partial charge on any atom is 0.335 e. The molecule has 0 unspecified atom stereocenters. The second-order valence-corrected chi connectivity index (χ2v) is 4.51. The third-order valence-corrected chi connectivity index (χ3v) is 2.67. The molecule has 0 aliphatic carbocycles. The topological polar surface area (TPSA) is 112 Å². The maximum absolute atomic E-state index is 11.0. The number of anilines is 2. The summed E-state index contributed by atoms with van der Waals surface area (Å²) in [5, 5.41) is 20.9. The fraction of sp³-hybridized carbons (Fsp3) is 0.143. The highest BCUT2D eigenvalue weighted by atomic mass is 16.4. The van der Waals surface area contributed by atoms with Crippen LogP contribution < -0.4 is 5.32 Å². The Morgan fingerprint density at radius 3 is 1.81 bits per heavy atom. The summed E-state index contributed by atoms with van der Waals surface area (Å²) in [6.07, 6.45) is 0. The second kappa shape index (κ2) is 5.58. The number of aryl methyl sites for hydroxylation is 2. The van der Waals surface area contributed by atoms with E-state index in [1.807, 2.05) is 0 Å². The molecule has 0 aliphatic rings. The molecular formula is C14H13N3O4. The summed E-state index contributed by atoms with van der Waals surface area (Å²) in [5.74, 6) is -2.13. The lowest BCUT2D eigenvalue weighted by Gasteiger charge is -2.08. The Balaban J connectivity index is 2.43. The third-order valence-electron chi connectivity index (χ3n) is 2.67. The van der Waals surface area contributed by atoms with E-state index in [4.69, 9.17) is 10.2 Å². The van der Waals surface area contributed by atoms with Crippen LogP contribution in [0, 0.1) is 13.8 Å². The summed E-state index contributed by atoms with van der Waals surface area (Å²) in [4.78, 5) is 30.4. The lowest BCUT2D eigenvalue weighted by Crippen LogP contribution is -2.06. The Labute approximate surface area is 120 Å². The van der Waals surface area contributed by atoms with Crippen molar-refractivity contribution in [3.8, 4) is 0 Å². The summed E-state index contributed by atoms with van der Waals surface area (Å²) in [5.41, 5.74) is 1.55. The van der Waals surface area contributed by atoms with Gasteiger partial charge in [0.1, 0.15) is 0 Å². The number of aromatic carboxylic acids is 2. The first kappa shape index (κ1) is 14.4. The third kappa shape index (κ3) is 3.53. The number of carbonyl (C=O) groups is 2. The molecule has 0 saturated carbocycles. The molecule has 2 rings (SSSR count). The monoisotopic (exact) mass is 287 g/mol. The van der Waals surface area contributed by atoms with Crippen LogP contribution in [0.15, 0.2) is 24.3 Å². The Morgan fingerprint density at radius 2 is 1.38 bits per heavy atom. The van der Waals surface area contributed by atoms with Gasteiger partial charge in [-0.2, -0.15) is 0 Å². The largest absolute Gasteiger partial charge is 0.478 e. The van der Waals surface area contributed by atoms with Crippen molar-refractivity contribution in [3.05, 3.63) is 46.8 Å². The SMILES string of the molecule is Cc1cc(C)nc(Nc2cc(C(=O)O)cc(C(=O)O)c2)n1. The van der Waals surface area contributed by atoms with E-state index in [1.165, 1.54) is 12.1 Å². The van der Waals surface area contributed by atoms with Gasteiger partial charge in [-0.1, -0.05) is 0 Å². The molecule has 2 aromatic rings. The van der Waals surface area contributed by atoms with Crippen LogP contribution in [-0.2, 0) is 0 Å². The molecule has 1 aromatic carbocycles. The highest BCUT2D eigenvalue weighted by molar-refractivity contribution is 5.95. The predicted octanol–water partition coefficient (Wildman–Crippen LogP) is 2.23. The van der Waals surface area contributed by atoms with E-state index < -0.39 is 11.9 Å². The van der Waals surface area contributed by atoms with Crippen LogP contribution >= 0.6 is 0 Å². The van der Waals surface area contributed by atoms with Gasteiger partial charge in [-0.05, 0) is 38.1 Å². The maximum atomic E-state index is 11.0. The number of hydrogen-bond acceptors (Lipinski definition) is 5. The van der Waals surface area contributed by atoms with E-state index in [9.17, 15) is 9.59 Å². The van der Waals surface area contributed by atoms with Gasteiger partial charge in [-0.15, -0.1) is 0 Å². The first-order valence-corrected chi connectivity index (χ1v) is 6.06. The zero-order valence-corrected chi connectivity index (χ0v) is 11.4. The molecule has 0 aliphatic heterocycles. The molecular weight excluding hydrogens is 274 g/mol. The van der Waals surface area contributed by atoms with Crippen molar-refractivity contribution in [1.29, 1.82) is 0 Å². The molecule has 3 N–H and O–H groups in total. The fourth-order valence-electron chi connectivity index (χ4n) is 1.86. The van der Waals surface area contributed by atoms with Gasteiger partial charge in [0.25, 0.3) is 0 Å². The van der Waals surface area contributed by atoms with Crippen molar-refractivity contribution in [2.75, 3.05) is 5.32 Å². The van der Waals surface area contributed by atoms with Crippen LogP contribution in [-0.4, -0.2) is 32.1 Å². The molecule has 0 fully saturated rings. The van der Waals surface area contributed by atoms with Gasteiger partial charge in [0.2, 0.25) is 5.95 Å². The molecule has 0 bridgehead atoms. The molecule has 7 heteroatoms. The highest BCUT2D eigenvalue weighted by Gasteiger charge is 2.12. The summed E-state index contributed by atoms with van der Waals surface area (Å²) in [6.45, 7) is 3.60. The lowest BCUT2D eigenvalue weighted by atomic mass is 10.1. The van der Waals surface area contributed by atoms with Crippen molar-refractivity contribution in [3.63, 3.8) is 0 Å². The standard InChI is InChI=1S/C14H13N3O4/c1-7-3-8(2)16-14(15-7)17-11-5-9(12(18)19)4-10(6-11)13(20)21/h3-6H,1-2H3,(H,18,19)(H,20,21)(H,15,16,17). The average Bonchev–Trinajstić information content (AvgIpc) is 2.36. The average molecular weight is 287 g/mol. The molecule has 0 radical (unpaired) electrons. The first-order valence-electron chi connectivity index (χ1n) is 6.06. The van der Waals surface area contributed by atoms with E-state index in [0.29, 0.717) is 5.69 Å². The Bertz CT molecular complexity index is 676. The lowest BCUT2D eigenvalue weighted by molar-refractivity contribution is 0.0696. The van der Waals surface area contributed by atoms with Crippen molar-refractivity contribution in [1.82, 2.24) is 9.97 Å². The van der Waals surface area contributed by atoms with Crippen molar-refractivity contribution in [2.45, 2.75) is 13.8 Å². The van der Waals surface area contributed by atoms with E-state index in [1.54, 1.807) is 19.9 Å². The number of carboxylic acids is 2. The quantitative estimate of drug-likeness (QED) is 0.790. The van der Waals surface area contributed by atoms with Crippen LogP contribution in [0.2, 0.25) is 0 Å². The van der Waals surface area contributed by atoms with Gasteiger partial charge < -0.3 is 15.5 Å². The van der Waals surface area contributed by atoms with Crippen LogP contribution in [0.5, 0.6) is 0 Å². The van der Waals surface area contributed by atoms with Crippen LogP contribution in [0.3, 0.4) is 0 Å². The van der Waals surface area contributed by atoms with E-state index >= 15 is 0 Å². The van der Waals surface area contributed by atoms with Gasteiger partial charge in [-0.25, -0.2) is 19.6 Å². The molecule has 1 heterocycles. The van der Waals surface area contributed by atoms with Crippen LogP contribution in [0.1, 0.15) is 32.1 Å². The summed E-state index contributed by atoms with van der Waals surface area (Å²) >= 11 is 0. The fourth-order valence-corrected chi connectivity index (χ4v) is 1.86. The summed E-state index contributed by atoms with van der Waals surface area (Å²) < 4.78 is 0. The number of benzene rings is 1. The van der Waals surface area contributed by atoms with Gasteiger partial charge >= 0.3 is 11.9 Å². The smallest absolute Gasteiger partial charge is 0.335 e. The van der Waals surface area contributed by atoms with Gasteiger partial charge in [0.15, 0.2) is 0 Å². The predicted molar refractivity (Wildman–Crippen MR) is 75.1 cm³/mol. The number of carboxylic acid groups (broad SMARTS) is 2. The van der Waals surface area contributed by atoms with Gasteiger partial charge in [0.05, 0.1) is 11.1 Å². The zero-order chi connectivity index (χ0) is 15.6. The minimum Gasteiger partial charge on any atom is -0.478 e. The molecule has 0 atom stereocenters. The van der Waals surface area contributed by atoms with E-state index in [2.05, 4.69) is 15.3 Å². The van der Waals surface area contributed by atoms with Crippen LogP contribution in [0.4, 0.5) is 11.6 Å². The molecule has 0 spiro atoms. The van der Waals surface area contributed by atoms with E-state index in [0.717, 1.165) is 17.5 Å². The molecule has 0 amide bonds. The highest BCUT2D eigenvalue weighted by Crippen LogP contribution is 2.19. The van der Waals surface area contributed by atoms with Crippen molar-refractivity contribution >= 4 is 23.6 Å². The van der Waals surface area contributed by atoms with Crippen LogP contribution in [0.25, 0.3) is 0 Å². The number of rotatable bonds is 4. The molecule has 1 aromatic heterocycles. The zero-order valence-electron chi connectivity index (χ0n) is 11.4. The van der Waals surface area contributed by atoms with Gasteiger partial charge in [0, 0.05) is 17.1 Å². The minimum absolute atomic E-state index is 0.123. The van der Waals surface area contributed by atoms with Crippen molar-refractivity contribution in [2.24, 2.45) is 0 Å². The van der Waals surface area contributed by atoms with E-state index in [-0.39, 0.29) is 17.1 Å². The Morgan fingerprint density at radius 1 is 0.905 bits per heavy atom. The molecule has 0 saturated heterocycles. The number of nitrogens with one attached hydrogen (secondary N) is 1. The van der Waals surface area contributed by atoms with Gasteiger partial charge in [-0.3, -0.25) is 0 Å². The number of aromatic nitrogens is 2.